The van der Waals surface area contributed by atoms with Crippen LogP contribution in [-0.2, 0) is 6.42 Å². The van der Waals surface area contributed by atoms with Crippen molar-refractivity contribution in [2.24, 2.45) is 10.7 Å². The molecule has 0 bridgehead atoms. The van der Waals surface area contributed by atoms with Gasteiger partial charge in [-0.05, 0) is 30.5 Å². The molecule has 108 valence electrons. The fourth-order valence-corrected chi connectivity index (χ4v) is 2.74. The van der Waals surface area contributed by atoms with Crippen molar-refractivity contribution >= 4 is 45.6 Å². The van der Waals surface area contributed by atoms with Crippen LogP contribution < -0.4 is 5.73 Å². The molecule has 0 saturated carbocycles. The Morgan fingerprint density at radius 3 is 3.00 bits per heavy atom. The molecule has 1 aromatic carbocycles. The fourth-order valence-electron chi connectivity index (χ4n) is 2.52. The Hall–Kier alpha value is -1.53. The number of nitrogens with zero attached hydrogens (tertiary/aromatic N) is 3. The van der Waals surface area contributed by atoms with Gasteiger partial charge in [0.05, 0.1) is 16.6 Å². The van der Waals surface area contributed by atoms with E-state index >= 15 is 0 Å². The lowest BCUT2D eigenvalue weighted by Gasteiger charge is -2.27. The predicted molar refractivity (Wildman–Crippen MR) is 94.0 cm³/mol. The van der Waals surface area contributed by atoms with Crippen molar-refractivity contribution in [3.63, 3.8) is 0 Å². The summed E-state index contributed by atoms with van der Waals surface area (Å²) in [5.74, 6) is 1.41. The standard InChI is InChI=1S/C15H15BrN4S/c1-15(7-6-10(16)9-21)8-13-18-11-4-2-3-5-12(11)20(13)14(17)19-15/h2-7,9,21H,8H2,1H3,(H2,17,19)/b7-6+,10-9+/t15-/m1/s1. The van der Waals surface area contributed by atoms with Crippen molar-refractivity contribution in [2.75, 3.05) is 0 Å². The molecule has 1 aromatic heterocycles. The molecule has 21 heavy (non-hydrogen) atoms. The summed E-state index contributed by atoms with van der Waals surface area (Å²) in [6.45, 7) is 2.04. The number of imidazole rings is 1. The van der Waals surface area contributed by atoms with Crippen molar-refractivity contribution in [2.45, 2.75) is 18.9 Å². The third kappa shape index (κ3) is 2.65. The third-order valence-corrected chi connectivity index (χ3v) is 4.60. The van der Waals surface area contributed by atoms with E-state index in [1.165, 1.54) is 0 Å². The van der Waals surface area contributed by atoms with Crippen LogP contribution >= 0.6 is 28.6 Å². The van der Waals surface area contributed by atoms with E-state index in [0.29, 0.717) is 12.4 Å². The van der Waals surface area contributed by atoms with Gasteiger partial charge in [0.25, 0.3) is 0 Å². The van der Waals surface area contributed by atoms with E-state index in [1.807, 2.05) is 47.9 Å². The fraction of sp³-hybridized carbons (Fsp3) is 0.200. The summed E-state index contributed by atoms with van der Waals surface area (Å²) < 4.78 is 2.81. The number of fused-ring (bicyclic) bond motifs is 3. The number of aliphatic imine (C=N–C) groups is 1. The lowest BCUT2D eigenvalue weighted by Crippen LogP contribution is -2.38. The molecule has 2 N–H and O–H groups in total. The van der Waals surface area contributed by atoms with Gasteiger partial charge in [-0.2, -0.15) is 12.6 Å². The van der Waals surface area contributed by atoms with E-state index in [2.05, 4.69) is 38.5 Å². The van der Waals surface area contributed by atoms with Crippen LogP contribution in [0.15, 0.2) is 51.3 Å². The average molecular weight is 363 g/mol. The molecule has 2 heterocycles. The van der Waals surface area contributed by atoms with E-state index < -0.39 is 5.54 Å². The van der Waals surface area contributed by atoms with Crippen molar-refractivity contribution in [3.05, 3.63) is 52.1 Å². The SMILES string of the molecule is C[C@@]1(/C=C/C(Br)=C\S)Cc2nc3ccccc3n2C(N)=N1. The molecule has 1 atom stereocenters. The second kappa shape index (κ2) is 5.35. The second-order valence-corrected chi connectivity index (χ2v) is 6.38. The molecule has 0 amide bonds. The Balaban J connectivity index is 2.06. The Kier molecular flexibility index (Phi) is 3.67. The Morgan fingerprint density at radius 2 is 2.24 bits per heavy atom. The summed E-state index contributed by atoms with van der Waals surface area (Å²) >= 11 is 7.50. The molecule has 1 aliphatic rings. The van der Waals surface area contributed by atoms with E-state index in [1.54, 1.807) is 5.41 Å². The van der Waals surface area contributed by atoms with Gasteiger partial charge in [0.1, 0.15) is 5.82 Å². The van der Waals surface area contributed by atoms with Gasteiger partial charge in [0, 0.05) is 10.9 Å². The number of allylic oxidation sites excluding steroid dienone is 2. The van der Waals surface area contributed by atoms with Gasteiger partial charge >= 0.3 is 0 Å². The number of para-hydroxylation sites is 2. The molecule has 2 aromatic rings. The number of benzene rings is 1. The number of hydrogen-bond donors (Lipinski definition) is 2. The van der Waals surface area contributed by atoms with Crippen LogP contribution in [0.1, 0.15) is 12.7 Å². The first kappa shape index (κ1) is 14.4. The topological polar surface area (TPSA) is 56.2 Å². The quantitative estimate of drug-likeness (QED) is 0.636. The Bertz CT molecular complexity index is 790. The molecule has 0 spiro atoms. The highest BCUT2D eigenvalue weighted by molar-refractivity contribution is 9.12. The maximum Gasteiger partial charge on any atom is 0.202 e. The summed E-state index contributed by atoms with van der Waals surface area (Å²) in [5.41, 5.74) is 7.70. The van der Waals surface area contributed by atoms with Gasteiger partial charge in [-0.1, -0.05) is 34.1 Å². The number of aromatic nitrogens is 2. The second-order valence-electron chi connectivity index (χ2n) is 5.20. The molecule has 6 heteroatoms. The maximum atomic E-state index is 6.17. The summed E-state index contributed by atoms with van der Waals surface area (Å²) in [6.07, 6.45) is 4.65. The van der Waals surface area contributed by atoms with Crippen LogP contribution in [0.5, 0.6) is 0 Å². The van der Waals surface area contributed by atoms with Crippen molar-refractivity contribution in [3.8, 4) is 0 Å². The zero-order chi connectivity index (χ0) is 15.0. The molecule has 0 aliphatic carbocycles. The third-order valence-electron chi connectivity index (χ3n) is 3.47. The molecular weight excluding hydrogens is 348 g/mol. The minimum Gasteiger partial charge on any atom is -0.369 e. The van der Waals surface area contributed by atoms with Gasteiger partial charge < -0.3 is 5.73 Å². The zero-order valence-corrected chi connectivity index (χ0v) is 14.0. The van der Waals surface area contributed by atoms with Crippen LogP contribution in [0.25, 0.3) is 11.0 Å². The summed E-state index contributed by atoms with van der Waals surface area (Å²) in [7, 11) is 0. The van der Waals surface area contributed by atoms with Crippen LogP contribution in [0.2, 0.25) is 0 Å². The molecule has 0 saturated heterocycles. The number of hydrogen-bond acceptors (Lipinski definition) is 4. The van der Waals surface area contributed by atoms with Gasteiger partial charge in [-0.25, -0.2) is 9.98 Å². The lowest BCUT2D eigenvalue weighted by molar-refractivity contribution is 0.542. The van der Waals surface area contributed by atoms with Crippen LogP contribution in [0.3, 0.4) is 0 Å². The average Bonchev–Trinajstić information content (AvgIpc) is 2.82. The van der Waals surface area contributed by atoms with Gasteiger partial charge in [0.15, 0.2) is 0 Å². The molecule has 0 fully saturated rings. The Morgan fingerprint density at radius 1 is 1.48 bits per heavy atom. The van der Waals surface area contributed by atoms with E-state index in [0.717, 1.165) is 21.3 Å². The molecule has 0 radical (unpaired) electrons. The van der Waals surface area contributed by atoms with Crippen LogP contribution in [-0.4, -0.2) is 21.0 Å². The number of nitrogens with two attached hydrogens (primary N) is 1. The van der Waals surface area contributed by atoms with E-state index in [-0.39, 0.29) is 0 Å². The highest BCUT2D eigenvalue weighted by Gasteiger charge is 2.30. The normalized spacial score (nSPS) is 22.6. The predicted octanol–water partition coefficient (Wildman–Crippen LogP) is 3.24. The maximum absolute atomic E-state index is 6.17. The van der Waals surface area contributed by atoms with Gasteiger partial charge in [-0.3, -0.25) is 4.57 Å². The highest BCUT2D eigenvalue weighted by atomic mass is 79.9. The first-order valence-electron chi connectivity index (χ1n) is 6.53. The van der Waals surface area contributed by atoms with Gasteiger partial charge in [-0.15, -0.1) is 0 Å². The first-order valence-corrected chi connectivity index (χ1v) is 7.84. The zero-order valence-electron chi connectivity index (χ0n) is 11.5. The molecule has 0 unspecified atom stereocenters. The summed E-state index contributed by atoms with van der Waals surface area (Å²) in [4.78, 5) is 9.31. The number of rotatable bonds is 2. The van der Waals surface area contributed by atoms with E-state index in [9.17, 15) is 0 Å². The first-order chi connectivity index (χ1) is 10.0. The minimum absolute atomic E-state index is 0.405. The monoisotopic (exact) mass is 362 g/mol. The highest BCUT2D eigenvalue weighted by Crippen LogP contribution is 2.27. The molecule has 3 rings (SSSR count). The Labute approximate surface area is 137 Å². The molecule has 4 nitrogen and oxygen atoms in total. The summed E-state index contributed by atoms with van der Waals surface area (Å²) in [5, 5.41) is 1.69. The van der Waals surface area contributed by atoms with E-state index in [4.69, 9.17) is 5.73 Å². The number of thiol groups is 1. The van der Waals surface area contributed by atoms with Crippen LogP contribution in [0.4, 0.5) is 0 Å². The van der Waals surface area contributed by atoms with Crippen molar-refractivity contribution in [1.29, 1.82) is 0 Å². The largest absolute Gasteiger partial charge is 0.369 e. The van der Waals surface area contributed by atoms with Crippen molar-refractivity contribution in [1.82, 2.24) is 9.55 Å². The van der Waals surface area contributed by atoms with Crippen LogP contribution in [0, 0.1) is 0 Å². The van der Waals surface area contributed by atoms with Crippen molar-refractivity contribution < 1.29 is 0 Å². The minimum atomic E-state index is -0.405. The smallest absolute Gasteiger partial charge is 0.202 e. The number of halogens is 1. The summed E-state index contributed by atoms with van der Waals surface area (Å²) in [6, 6.07) is 7.95. The molecule has 1 aliphatic heterocycles. The molecular formula is C15H15BrN4S. The van der Waals surface area contributed by atoms with Gasteiger partial charge in [0.2, 0.25) is 5.96 Å². The lowest BCUT2D eigenvalue weighted by atomic mass is 9.96.